The van der Waals surface area contributed by atoms with Gasteiger partial charge in [0, 0.05) is 36.5 Å². The lowest BCUT2D eigenvalue weighted by molar-refractivity contribution is -0.132. The van der Waals surface area contributed by atoms with Crippen molar-refractivity contribution < 1.29 is 4.79 Å². The number of carbonyl (C=O) groups excluding carboxylic acids is 1. The van der Waals surface area contributed by atoms with E-state index in [9.17, 15) is 4.79 Å². The minimum Gasteiger partial charge on any atom is -0.342 e. The van der Waals surface area contributed by atoms with Crippen LogP contribution in [-0.2, 0) is 11.2 Å². The summed E-state index contributed by atoms with van der Waals surface area (Å²) in [6.45, 7) is 3.67. The van der Waals surface area contributed by atoms with Crippen LogP contribution in [0.4, 0.5) is 0 Å². The van der Waals surface area contributed by atoms with Gasteiger partial charge in [0.2, 0.25) is 5.91 Å². The Morgan fingerprint density at radius 3 is 3.19 bits per heavy atom. The van der Waals surface area contributed by atoms with Crippen LogP contribution in [0.1, 0.15) is 42.3 Å². The molecule has 112 valence electrons. The van der Waals surface area contributed by atoms with E-state index in [1.165, 1.54) is 0 Å². The maximum atomic E-state index is 12.3. The molecule has 1 atom stereocenters. The molecule has 0 radical (unpaired) electrons. The highest BCUT2D eigenvalue weighted by Crippen LogP contribution is 2.26. The number of aryl methyl sites for hydroxylation is 2. The van der Waals surface area contributed by atoms with Gasteiger partial charge in [-0.1, -0.05) is 0 Å². The fraction of sp³-hybridized carbons (Fsp3) is 0.533. The van der Waals surface area contributed by atoms with Gasteiger partial charge in [-0.05, 0) is 32.3 Å². The molecular formula is C15H20N4OS. The van der Waals surface area contributed by atoms with Gasteiger partial charge in [0.15, 0.2) is 0 Å². The van der Waals surface area contributed by atoms with E-state index < -0.39 is 0 Å². The highest BCUT2D eigenvalue weighted by molar-refractivity contribution is 7.07. The summed E-state index contributed by atoms with van der Waals surface area (Å²) in [5, 5.41) is 9.35. The molecule has 5 nitrogen and oxygen atoms in total. The molecule has 3 heterocycles. The molecule has 0 spiro atoms. The molecule has 0 saturated carbocycles. The fourth-order valence-corrected chi connectivity index (χ4v) is 3.44. The first-order valence-electron chi connectivity index (χ1n) is 7.39. The number of H-pyrrole nitrogens is 1. The van der Waals surface area contributed by atoms with Crippen LogP contribution < -0.4 is 0 Å². The summed E-state index contributed by atoms with van der Waals surface area (Å²) >= 11 is 1.58. The molecule has 0 unspecified atom stereocenters. The zero-order chi connectivity index (χ0) is 14.7. The van der Waals surface area contributed by atoms with E-state index in [-0.39, 0.29) is 5.91 Å². The summed E-state index contributed by atoms with van der Waals surface area (Å²) in [5.41, 5.74) is 5.00. The number of thiazole rings is 1. The van der Waals surface area contributed by atoms with Crippen molar-refractivity contribution in [1.29, 1.82) is 0 Å². The Morgan fingerprint density at radius 2 is 2.48 bits per heavy atom. The molecule has 1 amide bonds. The monoisotopic (exact) mass is 304 g/mol. The van der Waals surface area contributed by atoms with Crippen LogP contribution in [0.3, 0.4) is 0 Å². The predicted octanol–water partition coefficient (Wildman–Crippen LogP) is 2.51. The summed E-state index contributed by atoms with van der Waals surface area (Å²) in [4.78, 5) is 18.6. The van der Waals surface area contributed by atoms with E-state index >= 15 is 0 Å². The standard InChI is InChI=1S/C15H20N4OS/c1-11-7-14(18-17-11)12-3-2-6-19(8-12)15(20)5-4-13-9-21-10-16-13/h7,9-10,12H,2-6,8H2,1H3,(H,17,18)/t12-/m0/s1. The molecule has 2 aromatic rings. The number of hydrogen-bond donors (Lipinski definition) is 1. The van der Waals surface area contributed by atoms with E-state index in [1.807, 2.05) is 22.7 Å². The van der Waals surface area contributed by atoms with Gasteiger partial charge in [-0.2, -0.15) is 5.10 Å². The first-order valence-corrected chi connectivity index (χ1v) is 8.33. The van der Waals surface area contributed by atoms with Crippen LogP contribution in [0.2, 0.25) is 0 Å². The van der Waals surface area contributed by atoms with E-state index in [4.69, 9.17) is 0 Å². The van der Waals surface area contributed by atoms with Gasteiger partial charge in [-0.3, -0.25) is 9.89 Å². The second-order valence-electron chi connectivity index (χ2n) is 5.63. The number of piperidine rings is 1. The normalized spacial score (nSPS) is 18.9. The lowest BCUT2D eigenvalue weighted by Gasteiger charge is -2.32. The Bertz CT molecular complexity index is 593. The average molecular weight is 304 g/mol. The average Bonchev–Trinajstić information content (AvgIpc) is 3.16. The third-order valence-corrected chi connectivity index (χ3v) is 4.63. The summed E-state index contributed by atoms with van der Waals surface area (Å²) in [6.07, 6.45) is 3.46. The molecule has 1 N–H and O–H groups in total. The fourth-order valence-electron chi connectivity index (χ4n) is 2.85. The highest BCUT2D eigenvalue weighted by Gasteiger charge is 2.25. The number of carbonyl (C=O) groups is 1. The van der Waals surface area contributed by atoms with Crippen molar-refractivity contribution in [2.75, 3.05) is 13.1 Å². The molecule has 1 aliphatic rings. The Hall–Kier alpha value is -1.69. The molecule has 0 aliphatic carbocycles. The minimum absolute atomic E-state index is 0.236. The number of hydrogen-bond acceptors (Lipinski definition) is 4. The van der Waals surface area contributed by atoms with Crippen LogP contribution in [0.5, 0.6) is 0 Å². The Kier molecular flexibility index (Phi) is 4.34. The van der Waals surface area contributed by atoms with Crippen molar-refractivity contribution in [2.24, 2.45) is 0 Å². The van der Waals surface area contributed by atoms with Crippen molar-refractivity contribution in [3.8, 4) is 0 Å². The number of aromatic amines is 1. The van der Waals surface area contributed by atoms with Gasteiger partial charge in [-0.15, -0.1) is 11.3 Å². The van der Waals surface area contributed by atoms with Crippen molar-refractivity contribution in [1.82, 2.24) is 20.1 Å². The molecule has 0 bridgehead atoms. The molecule has 21 heavy (non-hydrogen) atoms. The number of aromatic nitrogens is 3. The smallest absolute Gasteiger partial charge is 0.222 e. The van der Waals surface area contributed by atoms with Gasteiger partial charge in [0.25, 0.3) is 0 Å². The Morgan fingerprint density at radius 1 is 1.57 bits per heavy atom. The summed E-state index contributed by atoms with van der Waals surface area (Å²) in [7, 11) is 0. The summed E-state index contributed by atoms with van der Waals surface area (Å²) in [5.74, 6) is 0.604. The van der Waals surface area contributed by atoms with E-state index in [0.717, 1.165) is 49.4 Å². The van der Waals surface area contributed by atoms with Crippen molar-refractivity contribution in [3.63, 3.8) is 0 Å². The summed E-state index contributed by atoms with van der Waals surface area (Å²) < 4.78 is 0. The minimum atomic E-state index is 0.236. The van der Waals surface area contributed by atoms with Crippen molar-refractivity contribution in [3.05, 3.63) is 34.0 Å². The van der Waals surface area contributed by atoms with Crippen LogP contribution in [0.25, 0.3) is 0 Å². The number of likely N-dealkylation sites (tertiary alicyclic amines) is 1. The molecule has 1 saturated heterocycles. The number of amides is 1. The lowest BCUT2D eigenvalue weighted by Crippen LogP contribution is -2.39. The topological polar surface area (TPSA) is 61.9 Å². The second-order valence-corrected chi connectivity index (χ2v) is 6.35. The van der Waals surface area contributed by atoms with Crippen LogP contribution in [0, 0.1) is 6.92 Å². The lowest BCUT2D eigenvalue weighted by atomic mass is 9.94. The SMILES string of the molecule is Cc1cc([C@H]2CCCN(C(=O)CCc3cscn3)C2)n[nH]1. The molecule has 1 fully saturated rings. The largest absolute Gasteiger partial charge is 0.342 e. The van der Waals surface area contributed by atoms with Gasteiger partial charge in [0.05, 0.1) is 16.9 Å². The molecular weight excluding hydrogens is 284 g/mol. The first kappa shape index (κ1) is 14.3. The van der Waals surface area contributed by atoms with Gasteiger partial charge >= 0.3 is 0 Å². The second kappa shape index (κ2) is 6.39. The number of nitrogens with zero attached hydrogens (tertiary/aromatic N) is 3. The van der Waals surface area contributed by atoms with E-state index in [0.29, 0.717) is 12.3 Å². The Labute approximate surface area is 128 Å². The van der Waals surface area contributed by atoms with E-state index in [1.54, 1.807) is 11.3 Å². The maximum Gasteiger partial charge on any atom is 0.222 e. The number of rotatable bonds is 4. The highest BCUT2D eigenvalue weighted by atomic mass is 32.1. The number of nitrogens with one attached hydrogen (secondary N) is 1. The zero-order valence-corrected chi connectivity index (χ0v) is 13.0. The third kappa shape index (κ3) is 3.50. The zero-order valence-electron chi connectivity index (χ0n) is 12.2. The van der Waals surface area contributed by atoms with Gasteiger partial charge < -0.3 is 4.90 Å². The first-order chi connectivity index (χ1) is 10.2. The quantitative estimate of drug-likeness (QED) is 0.944. The van der Waals surface area contributed by atoms with Crippen molar-refractivity contribution in [2.45, 2.75) is 38.5 Å². The van der Waals surface area contributed by atoms with Gasteiger partial charge in [0.1, 0.15) is 0 Å². The van der Waals surface area contributed by atoms with Crippen molar-refractivity contribution >= 4 is 17.2 Å². The molecule has 3 rings (SSSR count). The summed E-state index contributed by atoms with van der Waals surface area (Å²) in [6, 6.07) is 2.09. The van der Waals surface area contributed by atoms with Crippen LogP contribution in [-0.4, -0.2) is 39.1 Å². The maximum absolute atomic E-state index is 12.3. The van der Waals surface area contributed by atoms with Gasteiger partial charge in [-0.25, -0.2) is 4.98 Å². The molecule has 2 aromatic heterocycles. The van der Waals surface area contributed by atoms with Crippen LogP contribution >= 0.6 is 11.3 Å². The van der Waals surface area contributed by atoms with E-state index in [2.05, 4.69) is 21.2 Å². The molecule has 1 aliphatic heterocycles. The predicted molar refractivity (Wildman–Crippen MR) is 82.3 cm³/mol. The Balaban J connectivity index is 1.56. The molecule has 0 aromatic carbocycles. The third-order valence-electron chi connectivity index (χ3n) is 4.00. The van der Waals surface area contributed by atoms with Crippen LogP contribution in [0.15, 0.2) is 17.0 Å². The molecule has 6 heteroatoms.